The van der Waals surface area contributed by atoms with Crippen LogP contribution in [-0.2, 0) is 22.5 Å². The van der Waals surface area contributed by atoms with E-state index >= 15 is 0 Å². The summed E-state index contributed by atoms with van der Waals surface area (Å²) in [4.78, 5) is 36.0. The van der Waals surface area contributed by atoms with E-state index in [1.54, 1.807) is 12.1 Å². The summed E-state index contributed by atoms with van der Waals surface area (Å²) >= 11 is 6.19. The lowest BCUT2D eigenvalue weighted by molar-refractivity contribution is -0.384. The number of halogens is 1. The minimum Gasteiger partial charge on any atom is -0.452 e. The molecular formula is C26H24ClN3O5. The quantitative estimate of drug-likeness (QED) is 0.253. The van der Waals surface area contributed by atoms with Gasteiger partial charge in [-0.1, -0.05) is 54.1 Å². The highest BCUT2D eigenvalue weighted by Crippen LogP contribution is 2.29. The molecule has 0 spiro atoms. The van der Waals surface area contributed by atoms with Crippen LogP contribution in [0.3, 0.4) is 0 Å². The number of benzene rings is 3. The van der Waals surface area contributed by atoms with E-state index in [4.69, 9.17) is 16.3 Å². The minimum atomic E-state index is -0.838. The monoisotopic (exact) mass is 493 g/mol. The zero-order valence-electron chi connectivity index (χ0n) is 18.8. The number of esters is 1. The molecule has 0 bridgehead atoms. The highest BCUT2D eigenvalue weighted by Gasteiger charge is 2.23. The van der Waals surface area contributed by atoms with E-state index in [0.29, 0.717) is 17.3 Å². The summed E-state index contributed by atoms with van der Waals surface area (Å²) in [5.41, 5.74) is 3.10. The standard InChI is InChI=1S/C26H24ClN3O5/c27-22-10-4-2-7-18(22)15-28-23-13-12-19(30(33)34)14-21(23)26(32)35-16-25(31)29-24-11-5-8-17-6-1-3-9-20(17)24/h1-4,6-7,9-10,12-14,24,28H,5,8,11,15-16H2,(H,29,31)/t24-/m1/s1. The van der Waals surface area contributed by atoms with Crippen molar-refractivity contribution in [3.63, 3.8) is 0 Å². The van der Waals surface area contributed by atoms with Gasteiger partial charge in [0.2, 0.25) is 0 Å². The number of carbonyl (C=O) groups excluding carboxylic acids is 2. The van der Waals surface area contributed by atoms with Gasteiger partial charge in [0.25, 0.3) is 11.6 Å². The van der Waals surface area contributed by atoms with Crippen molar-refractivity contribution in [2.45, 2.75) is 31.8 Å². The normalized spacial score (nSPS) is 14.5. The molecule has 1 aliphatic rings. The summed E-state index contributed by atoms with van der Waals surface area (Å²) < 4.78 is 5.23. The second-order valence-corrected chi connectivity index (χ2v) is 8.63. The van der Waals surface area contributed by atoms with Gasteiger partial charge in [0.1, 0.15) is 0 Å². The van der Waals surface area contributed by atoms with E-state index in [-0.39, 0.29) is 17.3 Å². The molecule has 8 nitrogen and oxygen atoms in total. The van der Waals surface area contributed by atoms with Crippen LogP contribution in [0.4, 0.5) is 11.4 Å². The molecule has 3 aromatic carbocycles. The van der Waals surface area contributed by atoms with Crippen molar-refractivity contribution in [3.05, 3.63) is 104 Å². The number of fused-ring (bicyclic) bond motifs is 1. The highest BCUT2D eigenvalue weighted by atomic mass is 35.5. The summed E-state index contributed by atoms with van der Waals surface area (Å²) in [5, 5.41) is 17.8. The van der Waals surface area contributed by atoms with E-state index < -0.39 is 23.4 Å². The second kappa shape index (κ2) is 11.0. The second-order valence-electron chi connectivity index (χ2n) is 8.22. The van der Waals surface area contributed by atoms with Crippen molar-refractivity contribution >= 4 is 34.9 Å². The van der Waals surface area contributed by atoms with Gasteiger partial charge in [-0.2, -0.15) is 0 Å². The molecule has 0 radical (unpaired) electrons. The molecule has 180 valence electrons. The lowest BCUT2D eigenvalue weighted by Crippen LogP contribution is -2.34. The summed E-state index contributed by atoms with van der Waals surface area (Å²) in [7, 11) is 0. The first-order valence-electron chi connectivity index (χ1n) is 11.2. The zero-order valence-corrected chi connectivity index (χ0v) is 19.6. The molecule has 1 atom stereocenters. The molecule has 2 N–H and O–H groups in total. The molecule has 0 aliphatic heterocycles. The van der Waals surface area contributed by atoms with Crippen LogP contribution in [0, 0.1) is 10.1 Å². The van der Waals surface area contributed by atoms with Crippen LogP contribution in [-0.4, -0.2) is 23.4 Å². The van der Waals surface area contributed by atoms with Crippen LogP contribution in [0.1, 0.15) is 45.9 Å². The average Bonchev–Trinajstić information content (AvgIpc) is 2.87. The lowest BCUT2D eigenvalue weighted by Gasteiger charge is -2.26. The smallest absolute Gasteiger partial charge is 0.341 e. The summed E-state index contributed by atoms with van der Waals surface area (Å²) in [5.74, 6) is -1.27. The van der Waals surface area contributed by atoms with Gasteiger partial charge in [-0.15, -0.1) is 0 Å². The van der Waals surface area contributed by atoms with Gasteiger partial charge in [0.05, 0.1) is 16.5 Å². The van der Waals surface area contributed by atoms with Crippen molar-refractivity contribution in [1.29, 1.82) is 0 Å². The Balaban J connectivity index is 1.43. The first-order valence-corrected chi connectivity index (χ1v) is 11.6. The first kappa shape index (κ1) is 24.2. The van der Waals surface area contributed by atoms with Gasteiger partial charge in [0.15, 0.2) is 6.61 Å². The third-order valence-electron chi connectivity index (χ3n) is 5.90. The maximum absolute atomic E-state index is 12.8. The third-order valence-corrected chi connectivity index (χ3v) is 6.27. The zero-order chi connectivity index (χ0) is 24.8. The van der Waals surface area contributed by atoms with E-state index in [1.165, 1.54) is 17.7 Å². The predicted molar refractivity (Wildman–Crippen MR) is 132 cm³/mol. The molecule has 35 heavy (non-hydrogen) atoms. The Hall–Kier alpha value is -3.91. The van der Waals surface area contributed by atoms with Gasteiger partial charge < -0.3 is 15.4 Å². The van der Waals surface area contributed by atoms with E-state index in [9.17, 15) is 19.7 Å². The number of hydrogen-bond donors (Lipinski definition) is 2. The van der Waals surface area contributed by atoms with Gasteiger partial charge in [0, 0.05) is 29.4 Å². The molecule has 0 unspecified atom stereocenters. The van der Waals surface area contributed by atoms with Crippen molar-refractivity contribution in [2.24, 2.45) is 0 Å². The Morgan fingerprint density at radius 1 is 1.09 bits per heavy atom. The summed E-state index contributed by atoms with van der Waals surface area (Å²) in [6.45, 7) is -0.205. The highest BCUT2D eigenvalue weighted by molar-refractivity contribution is 6.31. The lowest BCUT2D eigenvalue weighted by atomic mass is 9.88. The van der Waals surface area contributed by atoms with Crippen molar-refractivity contribution in [3.8, 4) is 0 Å². The average molecular weight is 494 g/mol. The maximum atomic E-state index is 12.8. The Morgan fingerprint density at radius 3 is 2.66 bits per heavy atom. The van der Waals surface area contributed by atoms with Crippen LogP contribution >= 0.6 is 11.6 Å². The van der Waals surface area contributed by atoms with Crippen LogP contribution in [0.15, 0.2) is 66.7 Å². The Bertz CT molecular complexity index is 1260. The number of rotatable bonds is 8. The van der Waals surface area contributed by atoms with Crippen molar-refractivity contribution in [1.82, 2.24) is 5.32 Å². The topological polar surface area (TPSA) is 111 Å². The number of nitro benzene ring substituents is 1. The summed E-state index contributed by atoms with van der Waals surface area (Å²) in [6, 6.07) is 18.9. The molecule has 0 saturated heterocycles. The number of non-ortho nitro benzene ring substituents is 1. The van der Waals surface area contributed by atoms with Crippen LogP contribution in [0.2, 0.25) is 5.02 Å². The predicted octanol–water partition coefficient (Wildman–Crippen LogP) is 5.21. The fraction of sp³-hybridized carbons (Fsp3) is 0.231. The number of anilines is 1. The molecule has 3 aromatic rings. The molecule has 9 heteroatoms. The first-order chi connectivity index (χ1) is 16.9. The van der Waals surface area contributed by atoms with Gasteiger partial charge in [-0.3, -0.25) is 14.9 Å². The number of amides is 1. The number of nitro groups is 1. The molecule has 0 fully saturated rings. The van der Waals surface area contributed by atoms with Crippen LogP contribution in [0.25, 0.3) is 0 Å². The van der Waals surface area contributed by atoms with Crippen molar-refractivity contribution < 1.29 is 19.2 Å². The van der Waals surface area contributed by atoms with E-state index in [1.807, 2.05) is 36.4 Å². The maximum Gasteiger partial charge on any atom is 0.341 e. The van der Waals surface area contributed by atoms with Crippen LogP contribution in [0.5, 0.6) is 0 Å². The van der Waals surface area contributed by atoms with Gasteiger partial charge >= 0.3 is 5.97 Å². The van der Waals surface area contributed by atoms with Gasteiger partial charge in [-0.25, -0.2) is 4.79 Å². The number of nitrogens with one attached hydrogen (secondary N) is 2. The SMILES string of the molecule is O=C(COC(=O)c1cc([N+](=O)[O-])ccc1NCc1ccccc1Cl)N[C@@H]1CCCc2ccccc21. The largest absolute Gasteiger partial charge is 0.452 e. The number of aryl methyl sites for hydroxylation is 1. The van der Waals surface area contributed by atoms with Crippen LogP contribution < -0.4 is 10.6 Å². The van der Waals surface area contributed by atoms with Gasteiger partial charge in [-0.05, 0) is 48.1 Å². The molecule has 0 aromatic heterocycles. The molecule has 0 saturated carbocycles. The van der Waals surface area contributed by atoms with E-state index in [0.717, 1.165) is 36.5 Å². The Kier molecular flexibility index (Phi) is 7.62. The molecule has 0 heterocycles. The number of ether oxygens (including phenoxy) is 1. The molecule has 1 amide bonds. The number of carbonyl (C=O) groups is 2. The fourth-order valence-electron chi connectivity index (χ4n) is 4.15. The number of hydrogen-bond acceptors (Lipinski definition) is 6. The molecular weight excluding hydrogens is 470 g/mol. The number of nitrogens with zero attached hydrogens (tertiary/aromatic N) is 1. The Labute approximate surface area is 207 Å². The fourth-order valence-corrected chi connectivity index (χ4v) is 4.35. The Morgan fingerprint density at radius 2 is 1.86 bits per heavy atom. The molecule has 4 rings (SSSR count). The summed E-state index contributed by atoms with van der Waals surface area (Å²) in [6.07, 6.45) is 2.72. The minimum absolute atomic E-state index is 0.0398. The van der Waals surface area contributed by atoms with Crippen molar-refractivity contribution in [2.75, 3.05) is 11.9 Å². The van der Waals surface area contributed by atoms with E-state index in [2.05, 4.69) is 10.6 Å². The molecule has 1 aliphatic carbocycles. The third kappa shape index (κ3) is 5.96.